The highest BCUT2D eigenvalue weighted by Crippen LogP contribution is 2.41. The largest absolute Gasteiger partial charge is 0.508 e. The number of anilines is 1. The van der Waals surface area contributed by atoms with Crippen molar-refractivity contribution in [3.63, 3.8) is 0 Å². The summed E-state index contributed by atoms with van der Waals surface area (Å²) in [6, 6.07) is 18.0. The number of aromatic hydroxyl groups is 1. The Labute approximate surface area is 154 Å². The molecule has 0 saturated carbocycles. The molecule has 1 unspecified atom stereocenters. The van der Waals surface area contributed by atoms with Crippen LogP contribution in [0.25, 0.3) is 0 Å². The molecule has 3 aromatic carbocycles. The first-order valence-electron chi connectivity index (χ1n) is 8.17. The van der Waals surface area contributed by atoms with E-state index in [4.69, 9.17) is 0 Å². The van der Waals surface area contributed by atoms with Gasteiger partial charge in [0.25, 0.3) is 5.91 Å². The summed E-state index contributed by atoms with van der Waals surface area (Å²) >= 11 is 0. The zero-order valence-electron chi connectivity index (χ0n) is 14.1. The molecule has 0 bridgehead atoms. The fraction of sp³-hybridized carbons (Fsp3) is 0.0952. The zero-order chi connectivity index (χ0) is 19.4. The summed E-state index contributed by atoms with van der Waals surface area (Å²) < 4.78 is 42.2. The van der Waals surface area contributed by atoms with Crippen LogP contribution in [-0.4, -0.2) is 17.2 Å². The summed E-state index contributed by atoms with van der Waals surface area (Å²) in [4.78, 5) is 13.8. The standard InChI is InChI=1S/C21H16F3NO2/c22-21(23,24)19(15-7-3-1-4-8-15)25(17-11-13-18(26)14-12-17)20(27)16-9-5-2-6-10-16/h1-14,19,26H. The van der Waals surface area contributed by atoms with Crippen LogP contribution in [0.1, 0.15) is 22.0 Å². The van der Waals surface area contributed by atoms with Crippen molar-refractivity contribution in [2.45, 2.75) is 12.2 Å². The molecule has 0 saturated heterocycles. The van der Waals surface area contributed by atoms with Crippen LogP contribution >= 0.6 is 0 Å². The number of nitrogens with zero attached hydrogens (tertiary/aromatic N) is 1. The van der Waals surface area contributed by atoms with Crippen molar-refractivity contribution in [3.05, 3.63) is 96.1 Å². The van der Waals surface area contributed by atoms with Gasteiger partial charge in [0.1, 0.15) is 5.75 Å². The molecular weight excluding hydrogens is 355 g/mol. The van der Waals surface area contributed by atoms with Gasteiger partial charge in [-0.1, -0.05) is 48.5 Å². The molecule has 6 heteroatoms. The maximum absolute atomic E-state index is 14.1. The molecule has 0 heterocycles. The van der Waals surface area contributed by atoms with E-state index in [0.29, 0.717) is 4.90 Å². The number of amides is 1. The molecule has 1 N–H and O–H groups in total. The lowest BCUT2D eigenvalue weighted by Crippen LogP contribution is -2.42. The van der Waals surface area contributed by atoms with Crippen LogP contribution in [0.15, 0.2) is 84.9 Å². The third kappa shape index (κ3) is 4.11. The maximum Gasteiger partial charge on any atom is 0.413 e. The van der Waals surface area contributed by atoms with E-state index >= 15 is 0 Å². The van der Waals surface area contributed by atoms with Crippen molar-refractivity contribution in [2.75, 3.05) is 4.90 Å². The Morgan fingerprint density at radius 1 is 0.815 bits per heavy atom. The molecule has 0 aromatic heterocycles. The number of benzene rings is 3. The lowest BCUT2D eigenvalue weighted by Gasteiger charge is -2.33. The highest BCUT2D eigenvalue weighted by atomic mass is 19.4. The lowest BCUT2D eigenvalue weighted by molar-refractivity contribution is -0.149. The smallest absolute Gasteiger partial charge is 0.413 e. The van der Waals surface area contributed by atoms with E-state index in [1.165, 1.54) is 60.7 Å². The number of hydrogen-bond donors (Lipinski definition) is 1. The minimum Gasteiger partial charge on any atom is -0.508 e. The van der Waals surface area contributed by atoms with Crippen molar-refractivity contribution >= 4 is 11.6 Å². The molecule has 0 spiro atoms. The first-order valence-corrected chi connectivity index (χ1v) is 8.17. The second-order valence-corrected chi connectivity index (χ2v) is 5.91. The topological polar surface area (TPSA) is 40.5 Å². The average Bonchev–Trinajstić information content (AvgIpc) is 2.67. The van der Waals surface area contributed by atoms with Crippen LogP contribution in [0.2, 0.25) is 0 Å². The SMILES string of the molecule is O=C(c1ccccc1)N(c1ccc(O)cc1)C(c1ccccc1)C(F)(F)F. The molecule has 0 radical (unpaired) electrons. The number of rotatable bonds is 4. The fourth-order valence-electron chi connectivity index (χ4n) is 2.84. The zero-order valence-corrected chi connectivity index (χ0v) is 14.1. The average molecular weight is 371 g/mol. The van der Waals surface area contributed by atoms with Crippen molar-refractivity contribution in [3.8, 4) is 5.75 Å². The van der Waals surface area contributed by atoms with E-state index in [0.717, 1.165) is 0 Å². The third-order valence-corrected chi connectivity index (χ3v) is 4.05. The Hall–Kier alpha value is -3.28. The Bertz CT molecular complexity index is 894. The van der Waals surface area contributed by atoms with E-state index < -0.39 is 18.1 Å². The van der Waals surface area contributed by atoms with Gasteiger partial charge in [-0.15, -0.1) is 0 Å². The predicted molar refractivity (Wildman–Crippen MR) is 96.6 cm³/mol. The minimum absolute atomic E-state index is 0.0350. The number of phenolic OH excluding ortho intramolecular Hbond substituents is 1. The minimum atomic E-state index is -4.70. The number of hydrogen-bond acceptors (Lipinski definition) is 2. The summed E-state index contributed by atoms with van der Waals surface area (Å²) in [5.41, 5.74) is 0.117. The first-order chi connectivity index (χ1) is 12.9. The fourth-order valence-corrected chi connectivity index (χ4v) is 2.84. The molecule has 3 aromatic rings. The van der Waals surface area contributed by atoms with E-state index in [-0.39, 0.29) is 22.6 Å². The number of phenols is 1. The molecule has 0 fully saturated rings. The quantitative estimate of drug-likeness (QED) is 0.672. The molecule has 3 rings (SSSR count). The third-order valence-electron chi connectivity index (χ3n) is 4.05. The summed E-state index contributed by atoms with van der Waals surface area (Å²) in [7, 11) is 0. The Balaban J connectivity index is 2.18. The van der Waals surface area contributed by atoms with Gasteiger partial charge in [-0.05, 0) is 42.0 Å². The monoisotopic (exact) mass is 371 g/mol. The van der Waals surface area contributed by atoms with Gasteiger partial charge >= 0.3 is 6.18 Å². The van der Waals surface area contributed by atoms with Crippen molar-refractivity contribution in [1.29, 1.82) is 0 Å². The lowest BCUT2D eigenvalue weighted by atomic mass is 10.0. The van der Waals surface area contributed by atoms with Gasteiger partial charge < -0.3 is 5.11 Å². The first kappa shape index (κ1) is 18.5. The van der Waals surface area contributed by atoms with Crippen LogP contribution in [0.5, 0.6) is 5.75 Å². The van der Waals surface area contributed by atoms with Crippen LogP contribution in [0.4, 0.5) is 18.9 Å². The van der Waals surface area contributed by atoms with Gasteiger partial charge in [-0.2, -0.15) is 13.2 Å². The number of carbonyl (C=O) groups is 1. The van der Waals surface area contributed by atoms with Gasteiger partial charge in [-0.3, -0.25) is 9.69 Å². The summed E-state index contributed by atoms with van der Waals surface area (Å²) in [6.45, 7) is 0. The molecule has 1 atom stereocenters. The van der Waals surface area contributed by atoms with Gasteiger partial charge in [-0.25, -0.2) is 0 Å². The normalized spacial score (nSPS) is 12.4. The van der Waals surface area contributed by atoms with Gasteiger partial charge in [0, 0.05) is 11.3 Å². The van der Waals surface area contributed by atoms with Crippen LogP contribution in [-0.2, 0) is 0 Å². The van der Waals surface area contributed by atoms with Gasteiger partial charge in [0.15, 0.2) is 6.04 Å². The second-order valence-electron chi connectivity index (χ2n) is 5.91. The van der Waals surface area contributed by atoms with Crippen molar-refractivity contribution in [2.24, 2.45) is 0 Å². The maximum atomic E-state index is 14.1. The molecule has 0 aliphatic heterocycles. The molecule has 0 aliphatic rings. The molecule has 138 valence electrons. The second kappa shape index (κ2) is 7.53. The van der Waals surface area contributed by atoms with E-state index in [1.54, 1.807) is 24.3 Å². The molecule has 3 nitrogen and oxygen atoms in total. The number of halogens is 3. The Morgan fingerprint density at radius 3 is 1.85 bits per heavy atom. The van der Waals surface area contributed by atoms with Crippen molar-refractivity contribution in [1.82, 2.24) is 0 Å². The van der Waals surface area contributed by atoms with E-state index in [9.17, 15) is 23.1 Å². The Kier molecular flexibility index (Phi) is 5.16. The van der Waals surface area contributed by atoms with Crippen molar-refractivity contribution < 1.29 is 23.1 Å². The molecule has 0 aliphatic carbocycles. The predicted octanol–water partition coefficient (Wildman–Crippen LogP) is 5.34. The van der Waals surface area contributed by atoms with E-state index in [2.05, 4.69) is 0 Å². The molecule has 27 heavy (non-hydrogen) atoms. The van der Waals surface area contributed by atoms with Gasteiger partial charge in [0.2, 0.25) is 0 Å². The highest BCUT2D eigenvalue weighted by Gasteiger charge is 2.47. The summed E-state index contributed by atoms with van der Waals surface area (Å²) in [6.07, 6.45) is -4.70. The summed E-state index contributed by atoms with van der Waals surface area (Å²) in [5, 5.41) is 9.48. The van der Waals surface area contributed by atoms with Crippen LogP contribution < -0.4 is 4.90 Å². The number of carbonyl (C=O) groups excluding carboxylic acids is 1. The Morgan fingerprint density at radius 2 is 1.33 bits per heavy atom. The highest BCUT2D eigenvalue weighted by molar-refractivity contribution is 6.06. The van der Waals surface area contributed by atoms with E-state index in [1.807, 2.05) is 0 Å². The van der Waals surface area contributed by atoms with Gasteiger partial charge in [0.05, 0.1) is 0 Å². The summed E-state index contributed by atoms with van der Waals surface area (Å²) in [5.74, 6) is -0.887. The molecular formula is C21H16F3NO2. The molecule has 1 amide bonds. The van der Waals surface area contributed by atoms with Crippen LogP contribution in [0.3, 0.4) is 0 Å². The number of alkyl halides is 3. The van der Waals surface area contributed by atoms with Crippen LogP contribution in [0, 0.1) is 0 Å².